The van der Waals surface area contributed by atoms with Gasteiger partial charge in [-0.2, -0.15) is 8.78 Å². The highest BCUT2D eigenvalue weighted by Crippen LogP contribution is 2.34. The SMILES string of the molecule is COc1cc2ncnc(Nc3cccc(Cl)c3)c2cc1OCCOC(F)F. The first-order valence-corrected chi connectivity index (χ1v) is 8.32. The Kier molecular flexibility index (Phi) is 6.20. The normalized spacial score (nSPS) is 11.0. The van der Waals surface area contributed by atoms with E-state index in [2.05, 4.69) is 20.0 Å². The molecule has 0 saturated heterocycles. The maximum Gasteiger partial charge on any atom is 0.345 e. The van der Waals surface area contributed by atoms with Gasteiger partial charge in [-0.05, 0) is 24.3 Å². The van der Waals surface area contributed by atoms with Gasteiger partial charge in [0.2, 0.25) is 0 Å². The zero-order valence-electron chi connectivity index (χ0n) is 14.3. The summed E-state index contributed by atoms with van der Waals surface area (Å²) in [4.78, 5) is 8.50. The summed E-state index contributed by atoms with van der Waals surface area (Å²) in [6, 6.07) is 10.6. The van der Waals surface area contributed by atoms with Crippen LogP contribution < -0.4 is 14.8 Å². The molecule has 0 unspecified atom stereocenters. The maximum atomic E-state index is 12.1. The summed E-state index contributed by atoms with van der Waals surface area (Å²) in [5.74, 6) is 1.33. The average Bonchev–Trinajstić information content (AvgIpc) is 2.65. The second kappa shape index (κ2) is 8.79. The molecule has 9 heteroatoms. The van der Waals surface area contributed by atoms with Crippen LogP contribution in [0.1, 0.15) is 0 Å². The number of aromatic nitrogens is 2. The van der Waals surface area contributed by atoms with Crippen molar-refractivity contribution in [3.05, 3.63) is 47.7 Å². The molecule has 0 aliphatic heterocycles. The number of rotatable bonds is 8. The van der Waals surface area contributed by atoms with E-state index in [9.17, 15) is 8.78 Å². The molecule has 2 aromatic carbocycles. The van der Waals surface area contributed by atoms with Crippen LogP contribution in [-0.2, 0) is 4.74 Å². The van der Waals surface area contributed by atoms with E-state index in [1.807, 2.05) is 12.1 Å². The van der Waals surface area contributed by atoms with Gasteiger partial charge in [0, 0.05) is 22.2 Å². The van der Waals surface area contributed by atoms with Gasteiger partial charge in [0.15, 0.2) is 11.5 Å². The van der Waals surface area contributed by atoms with Gasteiger partial charge in [0.05, 0.1) is 19.2 Å². The number of anilines is 2. The largest absolute Gasteiger partial charge is 0.493 e. The van der Waals surface area contributed by atoms with Gasteiger partial charge in [-0.25, -0.2) is 9.97 Å². The minimum absolute atomic E-state index is 0.0586. The number of hydrogen-bond acceptors (Lipinski definition) is 6. The van der Waals surface area contributed by atoms with Crippen LogP contribution in [0.15, 0.2) is 42.7 Å². The van der Waals surface area contributed by atoms with Crippen molar-refractivity contribution in [3.63, 3.8) is 0 Å². The number of methoxy groups -OCH3 is 1. The van der Waals surface area contributed by atoms with Gasteiger partial charge in [-0.1, -0.05) is 17.7 Å². The van der Waals surface area contributed by atoms with Crippen LogP contribution in [0.2, 0.25) is 5.02 Å². The Balaban J connectivity index is 1.89. The van der Waals surface area contributed by atoms with Gasteiger partial charge in [0.25, 0.3) is 0 Å². The van der Waals surface area contributed by atoms with Crippen molar-refractivity contribution in [2.75, 3.05) is 25.6 Å². The smallest absolute Gasteiger partial charge is 0.345 e. The minimum atomic E-state index is -2.84. The molecular formula is C18H16ClF2N3O3. The lowest BCUT2D eigenvalue weighted by Gasteiger charge is -2.14. The van der Waals surface area contributed by atoms with Crippen LogP contribution in [0, 0.1) is 0 Å². The summed E-state index contributed by atoms with van der Waals surface area (Å²) in [6.45, 7) is -3.15. The summed E-state index contributed by atoms with van der Waals surface area (Å²) in [6.07, 6.45) is 1.42. The van der Waals surface area contributed by atoms with Crippen molar-refractivity contribution in [1.29, 1.82) is 0 Å². The number of ether oxygens (including phenoxy) is 3. The van der Waals surface area contributed by atoms with Gasteiger partial charge in [0.1, 0.15) is 18.8 Å². The zero-order valence-corrected chi connectivity index (χ0v) is 15.0. The third-order valence-corrected chi connectivity index (χ3v) is 3.83. The van der Waals surface area contributed by atoms with E-state index < -0.39 is 6.61 Å². The molecular weight excluding hydrogens is 380 g/mol. The molecule has 27 heavy (non-hydrogen) atoms. The van der Waals surface area contributed by atoms with Crippen LogP contribution in [0.3, 0.4) is 0 Å². The molecule has 3 aromatic rings. The summed E-state index contributed by atoms with van der Waals surface area (Å²) in [7, 11) is 1.48. The molecule has 1 aromatic heterocycles. The molecule has 0 saturated carbocycles. The number of hydrogen-bond donors (Lipinski definition) is 1. The molecule has 0 aliphatic rings. The molecule has 1 N–H and O–H groups in total. The lowest BCUT2D eigenvalue weighted by Crippen LogP contribution is -2.10. The summed E-state index contributed by atoms with van der Waals surface area (Å²) >= 11 is 6.01. The highest BCUT2D eigenvalue weighted by Gasteiger charge is 2.12. The van der Waals surface area contributed by atoms with Crippen molar-refractivity contribution in [2.45, 2.75) is 6.61 Å². The van der Waals surface area contributed by atoms with E-state index in [1.165, 1.54) is 13.4 Å². The molecule has 142 valence electrons. The molecule has 6 nitrogen and oxygen atoms in total. The van der Waals surface area contributed by atoms with Gasteiger partial charge < -0.3 is 19.5 Å². The topological polar surface area (TPSA) is 65.5 Å². The van der Waals surface area contributed by atoms with Crippen LogP contribution >= 0.6 is 11.6 Å². The Hall–Kier alpha value is -2.71. The number of halogens is 3. The number of nitrogens with zero attached hydrogens (tertiary/aromatic N) is 2. The third kappa shape index (κ3) is 4.93. The fourth-order valence-electron chi connectivity index (χ4n) is 2.43. The fourth-order valence-corrected chi connectivity index (χ4v) is 2.62. The Labute approximate surface area is 159 Å². The molecule has 0 radical (unpaired) electrons. The first kappa shape index (κ1) is 19.1. The molecule has 0 bridgehead atoms. The Morgan fingerprint density at radius 2 is 1.96 bits per heavy atom. The summed E-state index contributed by atoms with van der Waals surface area (Å²) < 4.78 is 39.1. The van der Waals surface area contributed by atoms with Crippen molar-refractivity contribution in [2.24, 2.45) is 0 Å². The second-order valence-electron chi connectivity index (χ2n) is 5.36. The fraction of sp³-hybridized carbons (Fsp3) is 0.222. The Morgan fingerprint density at radius 1 is 1.11 bits per heavy atom. The minimum Gasteiger partial charge on any atom is -0.493 e. The van der Waals surface area contributed by atoms with Crippen molar-refractivity contribution >= 4 is 34.0 Å². The molecule has 0 aliphatic carbocycles. The quantitative estimate of drug-likeness (QED) is 0.560. The Morgan fingerprint density at radius 3 is 2.70 bits per heavy atom. The highest BCUT2D eigenvalue weighted by molar-refractivity contribution is 6.30. The van der Waals surface area contributed by atoms with Gasteiger partial charge in [-0.15, -0.1) is 0 Å². The lowest BCUT2D eigenvalue weighted by molar-refractivity contribution is -0.133. The summed E-state index contributed by atoms with van der Waals surface area (Å²) in [5.41, 5.74) is 1.38. The lowest BCUT2D eigenvalue weighted by atomic mass is 10.2. The predicted octanol–water partition coefficient (Wildman–Crippen LogP) is 4.65. The van der Waals surface area contributed by atoms with E-state index >= 15 is 0 Å². The van der Waals surface area contributed by atoms with Crippen LogP contribution in [-0.4, -0.2) is 36.9 Å². The van der Waals surface area contributed by atoms with E-state index in [1.54, 1.807) is 24.3 Å². The van der Waals surface area contributed by atoms with E-state index in [4.69, 9.17) is 21.1 Å². The Bertz CT molecular complexity index is 927. The van der Waals surface area contributed by atoms with Crippen molar-refractivity contribution in [3.8, 4) is 11.5 Å². The summed E-state index contributed by atoms with van der Waals surface area (Å²) in [5, 5.41) is 4.43. The standard InChI is InChI=1S/C18H16ClF2N3O3/c1-25-15-9-14-13(8-16(15)26-5-6-27-18(20)21)17(23-10-22-14)24-12-4-2-3-11(19)7-12/h2-4,7-10,18H,5-6H2,1H3,(H,22,23,24). The van der Waals surface area contributed by atoms with Crippen LogP contribution in [0.25, 0.3) is 10.9 Å². The van der Waals surface area contributed by atoms with Gasteiger partial charge >= 0.3 is 6.61 Å². The number of benzene rings is 2. The number of alkyl halides is 2. The van der Waals surface area contributed by atoms with Gasteiger partial charge in [-0.3, -0.25) is 0 Å². The van der Waals surface area contributed by atoms with Crippen LogP contribution in [0.5, 0.6) is 11.5 Å². The maximum absolute atomic E-state index is 12.1. The number of fused-ring (bicyclic) bond motifs is 1. The predicted molar refractivity (Wildman–Crippen MR) is 98.3 cm³/mol. The van der Waals surface area contributed by atoms with Crippen LogP contribution in [0.4, 0.5) is 20.3 Å². The molecule has 0 fully saturated rings. The average molecular weight is 396 g/mol. The number of nitrogens with one attached hydrogen (secondary N) is 1. The first-order valence-electron chi connectivity index (χ1n) is 7.94. The molecule has 3 rings (SSSR count). The van der Waals surface area contributed by atoms with E-state index in [-0.39, 0.29) is 13.2 Å². The molecule has 0 spiro atoms. The third-order valence-electron chi connectivity index (χ3n) is 3.59. The van der Waals surface area contributed by atoms with E-state index in [0.717, 1.165) is 5.69 Å². The monoisotopic (exact) mass is 395 g/mol. The second-order valence-corrected chi connectivity index (χ2v) is 5.79. The molecule has 1 heterocycles. The van der Waals surface area contributed by atoms with Crippen molar-refractivity contribution < 1.29 is 23.0 Å². The van der Waals surface area contributed by atoms with Crippen molar-refractivity contribution in [1.82, 2.24) is 9.97 Å². The molecule has 0 atom stereocenters. The highest BCUT2D eigenvalue weighted by atomic mass is 35.5. The first-order chi connectivity index (χ1) is 13.1. The van der Waals surface area contributed by atoms with E-state index in [0.29, 0.717) is 33.2 Å². The molecule has 0 amide bonds. The zero-order chi connectivity index (χ0) is 19.2.